The molecule has 0 unspecified atom stereocenters. The van der Waals surface area contributed by atoms with Crippen molar-refractivity contribution < 1.29 is 32.2 Å². The second-order valence-corrected chi connectivity index (χ2v) is 11.1. The summed E-state index contributed by atoms with van der Waals surface area (Å²) in [5.74, 6) is -0.0972. The van der Waals surface area contributed by atoms with Gasteiger partial charge in [-0.15, -0.1) is 0 Å². The number of rotatable bonds is 8. The number of amides is 2. The molecule has 0 aromatic heterocycles. The van der Waals surface area contributed by atoms with Crippen LogP contribution in [0.5, 0.6) is 5.75 Å². The minimum Gasteiger partial charge on any atom is -0.490 e. The predicted octanol–water partition coefficient (Wildman–Crippen LogP) is 2.67. The normalized spacial score (nSPS) is 21.6. The van der Waals surface area contributed by atoms with Crippen molar-refractivity contribution in [3.8, 4) is 5.75 Å². The van der Waals surface area contributed by atoms with Gasteiger partial charge in [-0.2, -0.15) is 0 Å². The zero-order valence-electron chi connectivity index (χ0n) is 20.6. The van der Waals surface area contributed by atoms with Crippen LogP contribution in [0.3, 0.4) is 0 Å². The SMILES string of the molecule is COCCNC(=O)C[C@H]1CC[C@@H]2[C@@H](COc3ccc(NS(=O)(=O)c4ccc(Cl)cc4)cc3C(=O)N2C)O1. The Balaban J connectivity index is 1.47. The standard InChI is InChI=1S/C25H30ClN3O7S/c1-29-21-9-6-18(14-24(30)27-11-12-34-2)36-23(21)15-35-22-10-5-17(13-20(22)25(29)31)28-37(32,33)19-7-3-16(26)4-8-19/h3-5,7-8,10,13,18,21,23,28H,6,9,11-12,14-15H2,1-2H3,(H,27,30)/t18-,21-,23-/m1/s1. The number of anilines is 1. The maximum absolute atomic E-state index is 13.4. The highest BCUT2D eigenvalue weighted by Gasteiger charge is 2.39. The molecule has 0 aliphatic carbocycles. The molecule has 12 heteroatoms. The molecule has 2 aromatic rings. The van der Waals surface area contributed by atoms with E-state index in [9.17, 15) is 18.0 Å². The van der Waals surface area contributed by atoms with Crippen molar-refractivity contribution in [2.24, 2.45) is 0 Å². The van der Waals surface area contributed by atoms with Gasteiger partial charge in [0.05, 0.1) is 35.6 Å². The summed E-state index contributed by atoms with van der Waals surface area (Å²) in [5, 5.41) is 3.22. The lowest BCUT2D eigenvalue weighted by molar-refractivity contribution is -0.134. The number of nitrogens with zero attached hydrogens (tertiary/aromatic N) is 1. The van der Waals surface area contributed by atoms with Gasteiger partial charge in [0.25, 0.3) is 15.9 Å². The Kier molecular flexibility index (Phi) is 8.58. The molecule has 0 bridgehead atoms. The lowest BCUT2D eigenvalue weighted by Gasteiger charge is -2.42. The van der Waals surface area contributed by atoms with E-state index < -0.39 is 16.1 Å². The van der Waals surface area contributed by atoms with Crippen molar-refractivity contribution >= 4 is 39.1 Å². The van der Waals surface area contributed by atoms with Gasteiger partial charge in [-0.05, 0) is 55.3 Å². The zero-order chi connectivity index (χ0) is 26.6. The number of carbonyl (C=O) groups is 2. The average Bonchev–Trinajstić information content (AvgIpc) is 2.87. The molecular weight excluding hydrogens is 522 g/mol. The fraction of sp³-hybridized carbons (Fsp3) is 0.440. The quantitative estimate of drug-likeness (QED) is 0.483. The van der Waals surface area contributed by atoms with Crippen LogP contribution in [-0.4, -0.2) is 77.3 Å². The maximum atomic E-state index is 13.4. The number of methoxy groups -OCH3 is 1. The number of hydrogen-bond donors (Lipinski definition) is 2. The second kappa shape index (κ2) is 11.7. The van der Waals surface area contributed by atoms with Gasteiger partial charge in [-0.1, -0.05) is 11.6 Å². The van der Waals surface area contributed by atoms with Gasteiger partial charge in [-0.3, -0.25) is 14.3 Å². The number of halogens is 1. The van der Waals surface area contributed by atoms with E-state index in [0.29, 0.717) is 36.8 Å². The largest absolute Gasteiger partial charge is 0.490 e. The molecule has 200 valence electrons. The van der Waals surface area contributed by atoms with E-state index in [-0.39, 0.29) is 53.1 Å². The molecule has 2 N–H and O–H groups in total. The molecule has 1 saturated heterocycles. The minimum atomic E-state index is -3.88. The van der Waals surface area contributed by atoms with Crippen LogP contribution < -0.4 is 14.8 Å². The molecule has 0 saturated carbocycles. The van der Waals surface area contributed by atoms with Crippen molar-refractivity contribution in [2.75, 3.05) is 38.6 Å². The Labute approximate surface area is 221 Å². The monoisotopic (exact) mass is 551 g/mol. The van der Waals surface area contributed by atoms with E-state index >= 15 is 0 Å². The zero-order valence-corrected chi connectivity index (χ0v) is 22.2. The van der Waals surface area contributed by atoms with E-state index in [1.807, 2.05) is 0 Å². The van der Waals surface area contributed by atoms with Gasteiger partial charge >= 0.3 is 0 Å². The summed E-state index contributed by atoms with van der Waals surface area (Å²) in [6.07, 6.45) is 0.794. The molecule has 2 amide bonds. The minimum absolute atomic E-state index is 0.0486. The summed E-state index contributed by atoms with van der Waals surface area (Å²) in [6.45, 7) is 1.06. The average molecular weight is 552 g/mol. The smallest absolute Gasteiger partial charge is 0.261 e. The highest BCUT2D eigenvalue weighted by molar-refractivity contribution is 7.92. The van der Waals surface area contributed by atoms with Gasteiger partial charge in [0.1, 0.15) is 18.5 Å². The van der Waals surface area contributed by atoms with Crippen LogP contribution in [0.2, 0.25) is 5.02 Å². The molecule has 4 rings (SSSR count). The summed E-state index contributed by atoms with van der Waals surface area (Å²) in [5.41, 5.74) is 0.479. The van der Waals surface area contributed by atoms with Crippen molar-refractivity contribution in [3.05, 3.63) is 53.1 Å². The Morgan fingerprint density at radius 1 is 1.19 bits per heavy atom. The fourth-order valence-electron chi connectivity index (χ4n) is 4.49. The van der Waals surface area contributed by atoms with Gasteiger partial charge in [0.15, 0.2) is 0 Å². The highest BCUT2D eigenvalue weighted by atomic mass is 35.5. The number of benzene rings is 2. The second-order valence-electron chi connectivity index (χ2n) is 8.99. The molecule has 0 radical (unpaired) electrons. The van der Waals surface area contributed by atoms with Crippen molar-refractivity contribution in [1.29, 1.82) is 0 Å². The lowest BCUT2D eigenvalue weighted by atomic mass is 9.94. The van der Waals surface area contributed by atoms with E-state index in [1.54, 1.807) is 25.1 Å². The van der Waals surface area contributed by atoms with Gasteiger partial charge < -0.3 is 24.4 Å². The van der Waals surface area contributed by atoms with Crippen molar-refractivity contribution in [3.63, 3.8) is 0 Å². The van der Waals surface area contributed by atoms with E-state index in [1.165, 1.54) is 36.4 Å². The van der Waals surface area contributed by atoms with E-state index in [2.05, 4.69) is 10.0 Å². The highest BCUT2D eigenvalue weighted by Crippen LogP contribution is 2.33. The molecule has 0 spiro atoms. The number of fused-ring (bicyclic) bond motifs is 2. The van der Waals surface area contributed by atoms with Gasteiger partial charge in [0.2, 0.25) is 5.91 Å². The molecule has 3 atom stereocenters. The molecule has 37 heavy (non-hydrogen) atoms. The van der Waals surface area contributed by atoms with E-state index in [0.717, 1.165) is 0 Å². The number of carbonyl (C=O) groups excluding carboxylic acids is 2. The first-order valence-corrected chi connectivity index (χ1v) is 13.8. The summed E-state index contributed by atoms with van der Waals surface area (Å²) in [7, 11) is -0.614. The first-order chi connectivity index (χ1) is 17.7. The predicted molar refractivity (Wildman–Crippen MR) is 137 cm³/mol. The Morgan fingerprint density at radius 2 is 1.95 bits per heavy atom. The van der Waals surface area contributed by atoms with Gasteiger partial charge in [0, 0.05) is 31.4 Å². The molecular formula is C25H30ClN3O7S. The molecule has 2 aliphatic rings. The number of sulfonamides is 1. The molecule has 2 aromatic carbocycles. The summed E-state index contributed by atoms with van der Waals surface area (Å²) >= 11 is 5.86. The van der Waals surface area contributed by atoms with Crippen LogP contribution in [0.15, 0.2) is 47.4 Å². The summed E-state index contributed by atoms with van der Waals surface area (Å²) in [6, 6.07) is 10.1. The van der Waals surface area contributed by atoms with Crippen molar-refractivity contribution in [1.82, 2.24) is 10.2 Å². The molecule has 10 nitrogen and oxygen atoms in total. The topological polar surface area (TPSA) is 123 Å². The van der Waals surface area contributed by atoms with Crippen LogP contribution in [0.4, 0.5) is 5.69 Å². The third kappa shape index (κ3) is 6.53. The number of likely N-dealkylation sites (N-methyl/N-ethyl adjacent to an activating group) is 1. The molecule has 1 fully saturated rings. The fourth-order valence-corrected chi connectivity index (χ4v) is 5.67. The van der Waals surface area contributed by atoms with Crippen LogP contribution in [0.1, 0.15) is 29.6 Å². The Hall–Kier alpha value is -2.86. The summed E-state index contributed by atoms with van der Waals surface area (Å²) < 4.78 is 45.1. The van der Waals surface area contributed by atoms with Crippen LogP contribution >= 0.6 is 11.6 Å². The maximum Gasteiger partial charge on any atom is 0.261 e. The van der Waals surface area contributed by atoms with Crippen molar-refractivity contribution in [2.45, 2.75) is 42.4 Å². The third-order valence-corrected chi connectivity index (χ3v) is 8.08. The Morgan fingerprint density at radius 3 is 2.68 bits per heavy atom. The van der Waals surface area contributed by atoms with Gasteiger partial charge in [-0.25, -0.2) is 8.42 Å². The van der Waals surface area contributed by atoms with Crippen LogP contribution in [0, 0.1) is 0 Å². The molecule has 2 aliphatic heterocycles. The third-order valence-electron chi connectivity index (χ3n) is 6.43. The first-order valence-electron chi connectivity index (χ1n) is 11.9. The number of nitrogens with one attached hydrogen (secondary N) is 2. The number of ether oxygens (including phenoxy) is 3. The number of hydrogen-bond acceptors (Lipinski definition) is 7. The molecule has 2 heterocycles. The van der Waals surface area contributed by atoms with Crippen LogP contribution in [0.25, 0.3) is 0 Å². The summed E-state index contributed by atoms with van der Waals surface area (Å²) in [4.78, 5) is 27.2. The first kappa shape index (κ1) is 27.2. The van der Waals surface area contributed by atoms with E-state index in [4.69, 9.17) is 25.8 Å². The Bertz CT molecular complexity index is 1240. The lowest BCUT2D eigenvalue weighted by Crippen LogP contribution is -2.54. The van der Waals surface area contributed by atoms with Crippen LogP contribution in [-0.2, 0) is 24.3 Å².